The number of nitriles is 1. The Morgan fingerprint density at radius 1 is 1.50 bits per heavy atom. The van der Waals surface area contributed by atoms with Crippen LogP contribution in [0.2, 0.25) is 0 Å². The lowest BCUT2D eigenvalue weighted by molar-refractivity contribution is 1.000. The second-order valence-electron chi connectivity index (χ2n) is 3.78. The molecule has 0 fully saturated rings. The van der Waals surface area contributed by atoms with Crippen LogP contribution in [0.1, 0.15) is 5.82 Å². The molecule has 0 aliphatic rings. The molecule has 0 bridgehead atoms. The van der Waals surface area contributed by atoms with Crippen LogP contribution in [0.15, 0.2) is 24.4 Å². The molecule has 2 N–H and O–H groups in total. The summed E-state index contributed by atoms with van der Waals surface area (Å²) in [5.41, 5.74) is 0. The molecular formula is C12H14N6. The fourth-order valence-corrected chi connectivity index (χ4v) is 1.60. The van der Waals surface area contributed by atoms with E-state index < -0.39 is 0 Å². The fourth-order valence-electron chi connectivity index (χ4n) is 1.60. The Balaban J connectivity index is 2.28. The van der Waals surface area contributed by atoms with Crippen LogP contribution in [-0.2, 0) is 0 Å². The van der Waals surface area contributed by atoms with Gasteiger partial charge in [0.05, 0.1) is 6.07 Å². The second kappa shape index (κ2) is 5.19. The van der Waals surface area contributed by atoms with Crippen molar-refractivity contribution in [3.05, 3.63) is 30.2 Å². The summed E-state index contributed by atoms with van der Waals surface area (Å²) >= 11 is 0. The summed E-state index contributed by atoms with van der Waals surface area (Å²) in [6, 6.07) is 7.71. The van der Waals surface area contributed by atoms with Gasteiger partial charge in [-0.3, -0.25) is 0 Å². The van der Waals surface area contributed by atoms with Crippen LogP contribution >= 0.6 is 0 Å². The molecule has 6 nitrogen and oxygen atoms in total. The molecule has 0 saturated carbocycles. The van der Waals surface area contributed by atoms with Gasteiger partial charge in [0.15, 0.2) is 0 Å². The Kier molecular flexibility index (Phi) is 3.44. The number of aromatic nitrogens is 3. The second-order valence-corrected chi connectivity index (χ2v) is 3.78. The van der Waals surface area contributed by atoms with Crippen LogP contribution < -0.4 is 10.2 Å². The molecule has 0 amide bonds. The largest absolute Gasteiger partial charge is 0.357 e. The van der Waals surface area contributed by atoms with Crippen molar-refractivity contribution >= 4 is 17.5 Å². The van der Waals surface area contributed by atoms with Gasteiger partial charge >= 0.3 is 0 Å². The Bertz CT molecular complexity index is 554. The molecule has 0 aromatic carbocycles. The zero-order valence-electron chi connectivity index (χ0n) is 10.3. The SMILES string of the molecule is Cc1nc(NCC#N)cc(N(C)c2ccc[nH]2)n1. The summed E-state index contributed by atoms with van der Waals surface area (Å²) in [7, 11) is 1.92. The molecule has 18 heavy (non-hydrogen) atoms. The van der Waals surface area contributed by atoms with Gasteiger partial charge in [-0.2, -0.15) is 5.26 Å². The van der Waals surface area contributed by atoms with Gasteiger partial charge in [-0.05, 0) is 19.1 Å². The van der Waals surface area contributed by atoms with Gasteiger partial charge in [-0.1, -0.05) is 0 Å². The molecule has 2 rings (SSSR count). The summed E-state index contributed by atoms with van der Waals surface area (Å²) in [5.74, 6) is 3.02. The maximum absolute atomic E-state index is 8.55. The molecule has 0 aliphatic heterocycles. The van der Waals surface area contributed by atoms with E-state index in [0.717, 1.165) is 11.6 Å². The van der Waals surface area contributed by atoms with Crippen molar-refractivity contribution in [2.75, 3.05) is 23.8 Å². The van der Waals surface area contributed by atoms with Gasteiger partial charge < -0.3 is 15.2 Å². The number of aryl methyl sites for hydroxylation is 1. The van der Waals surface area contributed by atoms with Crippen LogP contribution in [0.5, 0.6) is 0 Å². The van der Waals surface area contributed by atoms with Crippen molar-refractivity contribution in [2.45, 2.75) is 6.92 Å². The first-order valence-electron chi connectivity index (χ1n) is 5.54. The average molecular weight is 242 g/mol. The van der Waals surface area contributed by atoms with Crippen LogP contribution in [0.3, 0.4) is 0 Å². The molecule has 0 spiro atoms. The topological polar surface area (TPSA) is 80.6 Å². The molecule has 92 valence electrons. The molecule has 0 radical (unpaired) electrons. The minimum Gasteiger partial charge on any atom is -0.357 e. The van der Waals surface area contributed by atoms with Crippen LogP contribution in [-0.4, -0.2) is 28.5 Å². The number of anilines is 3. The standard InChI is InChI=1S/C12H14N6/c1-9-16-10(14-7-5-13)8-12(17-9)18(2)11-4-3-6-15-11/h3-4,6,8,15H,7H2,1-2H3,(H,14,16,17). The van der Waals surface area contributed by atoms with E-state index in [2.05, 4.69) is 20.3 Å². The van der Waals surface area contributed by atoms with Crippen LogP contribution in [0.25, 0.3) is 0 Å². The van der Waals surface area contributed by atoms with E-state index in [0.29, 0.717) is 11.6 Å². The van der Waals surface area contributed by atoms with Gasteiger partial charge in [0.2, 0.25) is 0 Å². The molecule has 0 saturated heterocycles. The number of rotatable bonds is 4. The Morgan fingerprint density at radius 2 is 2.33 bits per heavy atom. The zero-order chi connectivity index (χ0) is 13.0. The van der Waals surface area contributed by atoms with E-state index in [9.17, 15) is 0 Å². The monoisotopic (exact) mass is 242 g/mol. The quantitative estimate of drug-likeness (QED) is 0.799. The average Bonchev–Trinajstić information content (AvgIpc) is 2.88. The molecule has 0 aliphatic carbocycles. The third-order valence-electron chi connectivity index (χ3n) is 2.46. The Morgan fingerprint density at radius 3 is 3.00 bits per heavy atom. The third kappa shape index (κ3) is 2.58. The lowest BCUT2D eigenvalue weighted by atomic mass is 10.4. The van der Waals surface area contributed by atoms with Gasteiger partial charge in [0, 0.05) is 19.3 Å². The van der Waals surface area contributed by atoms with E-state index >= 15 is 0 Å². The molecule has 2 aromatic rings. The fraction of sp³-hybridized carbons (Fsp3) is 0.250. The van der Waals surface area contributed by atoms with E-state index in [1.165, 1.54) is 0 Å². The Labute approximate surface area is 105 Å². The van der Waals surface area contributed by atoms with Crippen LogP contribution in [0, 0.1) is 18.3 Å². The highest BCUT2D eigenvalue weighted by atomic mass is 15.2. The highest BCUT2D eigenvalue weighted by Gasteiger charge is 2.08. The summed E-state index contributed by atoms with van der Waals surface area (Å²) in [5, 5.41) is 11.5. The first-order chi connectivity index (χ1) is 8.70. The number of nitrogens with one attached hydrogen (secondary N) is 2. The molecule has 0 unspecified atom stereocenters. The van der Waals surface area contributed by atoms with Crippen molar-refractivity contribution in [3.8, 4) is 6.07 Å². The molecule has 2 heterocycles. The Hall–Kier alpha value is -2.55. The summed E-state index contributed by atoms with van der Waals surface area (Å²) in [6.45, 7) is 2.05. The van der Waals surface area contributed by atoms with E-state index in [1.54, 1.807) is 0 Å². The van der Waals surface area contributed by atoms with Crippen molar-refractivity contribution in [1.29, 1.82) is 5.26 Å². The van der Waals surface area contributed by atoms with Crippen LogP contribution in [0.4, 0.5) is 17.5 Å². The van der Waals surface area contributed by atoms with Crippen molar-refractivity contribution in [3.63, 3.8) is 0 Å². The van der Waals surface area contributed by atoms with Gasteiger partial charge in [-0.15, -0.1) is 0 Å². The lowest BCUT2D eigenvalue weighted by Gasteiger charge is -2.17. The molecule has 2 aromatic heterocycles. The minimum absolute atomic E-state index is 0.224. The molecular weight excluding hydrogens is 228 g/mol. The van der Waals surface area contributed by atoms with Gasteiger partial charge in [0.1, 0.15) is 29.8 Å². The minimum atomic E-state index is 0.224. The van der Waals surface area contributed by atoms with Crippen molar-refractivity contribution < 1.29 is 0 Å². The summed E-state index contributed by atoms with van der Waals surface area (Å²) in [4.78, 5) is 13.6. The van der Waals surface area contributed by atoms with Crippen molar-refractivity contribution in [1.82, 2.24) is 15.0 Å². The zero-order valence-corrected chi connectivity index (χ0v) is 10.3. The van der Waals surface area contributed by atoms with E-state index in [4.69, 9.17) is 5.26 Å². The van der Waals surface area contributed by atoms with Crippen molar-refractivity contribution in [2.24, 2.45) is 0 Å². The first-order valence-corrected chi connectivity index (χ1v) is 5.54. The van der Waals surface area contributed by atoms with Gasteiger partial charge in [-0.25, -0.2) is 9.97 Å². The van der Waals surface area contributed by atoms with E-state index in [1.807, 2.05) is 49.3 Å². The lowest BCUT2D eigenvalue weighted by Crippen LogP contribution is -2.13. The number of nitrogens with zero attached hydrogens (tertiary/aromatic N) is 4. The normalized spacial score (nSPS) is 9.83. The van der Waals surface area contributed by atoms with Gasteiger partial charge in [0.25, 0.3) is 0 Å². The number of aromatic amines is 1. The summed E-state index contributed by atoms with van der Waals surface area (Å²) in [6.07, 6.45) is 1.86. The third-order valence-corrected chi connectivity index (χ3v) is 2.46. The summed E-state index contributed by atoms with van der Waals surface area (Å²) < 4.78 is 0. The smallest absolute Gasteiger partial charge is 0.139 e. The van der Waals surface area contributed by atoms with E-state index in [-0.39, 0.29) is 6.54 Å². The number of H-pyrrole nitrogens is 1. The maximum atomic E-state index is 8.55. The molecule has 0 atom stereocenters. The first kappa shape index (κ1) is 11.9. The predicted octanol–water partition coefficient (Wildman–Crippen LogP) is 1.82. The highest BCUT2D eigenvalue weighted by molar-refractivity contribution is 5.58. The number of hydrogen-bond donors (Lipinski definition) is 2. The predicted molar refractivity (Wildman–Crippen MR) is 69.7 cm³/mol. The molecule has 6 heteroatoms. The maximum Gasteiger partial charge on any atom is 0.139 e. The highest BCUT2D eigenvalue weighted by Crippen LogP contribution is 2.21. The number of hydrogen-bond acceptors (Lipinski definition) is 5.